The Morgan fingerprint density at radius 3 is 1.14 bits per heavy atom. The average molecular weight is 311 g/mol. The van der Waals surface area contributed by atoms with Gasteiger partial charge in [-0.1, -0.05) is 6.07 Å². The molecule has 1 aromatic rings. The Bertz CT molecular complexity index is 441. The quantitative estimate of drug-likeness (QED) is 0.758. The molecule has 0 radical (unpaired) electrons. The first-order chi connectivity index (χ1) is 9.67. The van der Waals surface area contributed by atoms with E-state index in [1.807, 2.05) is 32.0 Å². The minimum atomic E-state index is -0.757. The lowest BCUT2D eigenvalue weighted by molar-refractivity contribution is -0.146. The van der Waals surface area contributed by atoms with E-state index in [1.165, 1.54) is 0 Å². The molecule has 0 amide bonds. The Balaban J connectivity index is 0. The fraction of sp³-hybridized carbons (Fsp3) is 0.588. The van der Waals surface area contributed by atoms with Gasteiger partial charge >= 0.3 is 11.9 Å². The molecule has 2 N–H and O–H groups in total. The zero-order chi connectivity index (χ0) is 18.1. The number of aryl methyl sites for hydroxylation is 2. The number of carbonyl (C=O) groups is 2. The average Bonchev–Trinajstić information content (AvgIpc) is 2.27. The number of pyridine rings is 1. The molecule has 0 atom stereocenters. The Kier molecular flexibility index (Phi) is 9.33. The lowest BCUT2D eigenvalue weighted by Gasteiger charge is -2.08. The molecule has 0 saturated carbocycles. The van der Waals surface area contributed by atoms with Gasteiger partial charge in [-0.2, -0.15) is 0 Å². The van der Waals surface area contributed by atoms with Gasteiger partial charge in [0.05, 0.1) is 10.8 Å². The van der Waals surface area contributed by atoms with Gasteiger partial charge in [0, 0.05) is 11.4 Å². The smallest absolute Gasteiger partial charge is 0.308 e. The normalized spacial score (nSPS) is 10.5. The first-order valence-corrected chi connectivity index (χ1v) is 7.05. The number of aromatic nitrogens is 1. The molecule has 0 aliphatic carbocycles. The highest BCUT2D eigenvalue weighted by Gasteiger charge is 2.19. The summed E-state index contributed by atoms with van der Waals surface area (Å²) in [6.07, 6.45) is 0. The molecule has 0 aliphatic rings. The highest BCUT2D eigenvalue weighted by atomic mass is 16.4. The van der Waals surface area contributed by atoms with Crippen LogP contribution in [0.4, 0.5) is 0 Å². The molecule has 0 fully saturated rings. The molecule has 0 aromatic carbocycles. The van der Waals surface area contributed by atoms with Crippen LogP contribution in [0.2, 0.25) is 0 Å². The largest absolute Gasteiger partial charge is 0.481 e. The van der Waals surface area contributed by atoms with Crippen molar-refractivity contribution in [1.82, 2.24) is 4.98 Å². The topological polar surface area (TPSA) is 87.5 Å². The number of carboxylic acid groups (broad SMARTS) is 2. The van der Waals surface area contributed by atoms with Crippen LogP contribution in [0.5, 0.6) is 0 Å². The SMILES string of the molecule is CC(C)(C)C(=O)O.CC(C)(C)C(=O)O.Cc1cccc(C)n1. The third kappa shape index (κ3) is 13.1. The van der Waals surface area contributed by atoms with Gasteiger partial charge < -0.3 is 10.2 Å². The molecule has 5 nitrogen and oxygen atoms in total. The number of hydrogen-bond donors (Lipinski definition) is 2. The molecule has 1 aromatic heterocycles. The highest BCUT2D eigenvalue weighted by Crippen LogP contribution is 2.11. The van der Waals surface area contributed by atoms with Gasteiger partial charge in [0.1, 0.15) is 0 Å². The van der Waals surface area contributed by atoms with Crippen LogP contribution in [0.1, 0.15) is 52.9 Å². The van der Waals surface area contributed by atoms with Crippen LogP contribution in [0.3, 0.4) is 0 Å². The van der Waals surface area contributed by atoms with Crippen LogP contribution in [0.25, 0.3) is 0 Å². The van der Waals surface area contributed by atoms with E-state index in [1.54, 1.807) is 41.5 Å². The maximum Gasteiger partial charge on any atom is 0.308 e. The summed E-state index contributed by atoms with van der Waals surface area (Å²) in [4.78, 5) is 24.2. The monoisotopic (exact) mass is 311 g/mol. The van der Waals surface area contributed by atoms with Crippen molar-refractivity contribution in [3.8, 4) is 0 Å². The van der Waals surface area contributed by atoms with E-state index in [-0.39, 0.29) is 0 Å². The third-order valence-electron chi connectivity index (χ3n) is 2.31. The summed E-state index contributed by atoms with van der Waals surface area (Å²) >= 11 is 0. The van der Waals surface area contributed by atoms with E-state index in [2.05, 4.69) is 4.98 Å². The number of carboxylic acids is 2. The first kappa shape index (κ1) is 22.4. The van der Waals surface area contributed by atoms with Gasteiger partial charge in [0.15, 0.2) is 0 Å². The summed E-state index contributed by atoms with van der Waals surface area (Å²) in [6, 6.07) is 6.00. The molecule has 0 aliphatic heterocycles. The summed E-state index contributed by atoms with van der Waals surface area (Å²) in [5.41, 5.74) is 1.01. The van der Waals surface area contributed by atoms with Crippen molar-refractivity contribution in [1.29, 1.82) is 0 Å². The van der Waals surface area contributed by atoms with Gasteiger partial charge in [-0.05, 0) is 67.5 Å². The van der Waals surface area contributed by atoms with Crippen molar-refractivity contribution in [3.05, 3.63) is 29.6 Å². The first-order valence-electron chi connectivity index (χ1n) is 7.05. The van der Waals surface area contributed by atoms with Crippen LogP contribution in [-0.2, 0) is 9.59 Å². The van der Waals surface area contributed by atoms with Crippen LogP contribution in [0, 0.1) is 24.7 Å². The van der Waals surface area contributed by atoms with Crippen molar-refractivity contribution in [2.24, 2.45) is 10.8 Å². The van der Waals surface area contributed by atoms with Gasteiger partial charge in [-0.3, -0.25) is 14.6 Å². The number of hydrogen-bond acceptors (Lipinski definition) is 3. The minimum Gasteiger partial charge on any atom is -0.481 e. The zero-order valence-corrected chi connectivity index (χ0v) is 14.9. The third-order valence-corrected chi connectivity index (χ3v) is 2.31. The van der Waals surface area contributed by atoms with E-state index >= 15 is 0 Å². The Hall–Kier alpha value is -1.91. The lowest BCUT2D eigenvalue weighted by atomic mass is 9.98. The molecular weight excluding hydrogens is 282 g/mol. The van der Waals surface area contributed by atoms with Crippen LogP contribution >= 0.6 is 0 Å². The Morgan fingerprint density at radius 2 is 1.05 bits per heavy atom. The number of rotatable bonds is 0. The standard InChI is InChI=1S/C7H9N.2C5H10O2/c1-6-4-3-5-7(2)8-6;2*1-5(2,3)4(6)7/h3-5H,1-2H3;2*1-3H3,(H,6,7). The second-order valence-electron chi connectivity index (χ2n) is 7.03. The van der Waals surface area contributed by atoms with E-state index in [0.717, 1.165) is 11.4 Å². The summed E-state index contributed by atoms with van der Waals surface area (Å²) < 4.78 is 0. The van der Waals surface area contributed by atoms with Crippen LogP contribution < -0.4 is 0 Å². The predicted molar refractivity (Wildman–Crippen MR) is 87.9 cm³/mol. The highest BCUT2D eigenvalue weighted by molar-refractivity contribution is 5.73. The van der Waals surface area contributed by atoms with Gasteiger partial charge in [0.2, 0.25) is 0 Å². The zero-order valence-electron chi connectivity index (χ0n) is 14.9. The molecule has 5 heteroatoms. The maximum absolute atomic E-state index is 10.0. The van der Waals surface area contributed by atoms with Crippen LogP contribution in [0.15, 0.2) is 18.2 Å². The molecule has 1 rings (SSSR count). The van der Waals surface area contributed by atoms with Crippen molar-refractivity contribution in [3.63, 3.8) is 0 Å². The fourth-order valence-corrected chi connectivity index (χ4v) is 0.679. The summed E-state index contributed by atoms with van der Waals surface area (Å²) in [5.74, 6) is -1.51. The maximum atomic E-state index is 10.0. The fourth-order valence-electron chi connectivity index (χ4n) is 0.679. The van der Waals surface area contributed by atoms with Gasteiger partial charge in [-0.25, -0.2) is 0 Å². The van der Waals surface area contributed by atoms with E-state index in [4.69, 9.17) is 10.2 Å². The van der Waals surface area contributed by atoms with E-state index < -0.39 is 22.8 Å². The van der Waals surface area contributed by atoms with Crippen LogP contribution in [-0.4, -0.2) is 27.1 Å². The minimum absolute atomic E-state index is 0.583. The molecule has 0 unspecified atom stereocenters. The summed E-state index contributed by atoms with van der Waals surface area (Å²) in [5, 5.41) is 16.5. The van der Waals surface area contributed by atoms with Gasteiger partial charge in [-0.15, -0.1) is 0 Å². The molecule has 1 heterocycles. The molecule has 0 spiro atoms. The van der Waals surface area contributed by atoms with Crippen molar-refractivity contribution in [2.75, 3.05) is 0 Å². The second-order valence-corrected chi connectivity index (χ2v) is 7.03. The predicted octanol–water partition coefficient (Wildman–Crippen LogP) is 3.93. The van der Waals surface area contributed by atoms with Crippen molar-refractivity contribution < 1.29 is 19.8 Å². The van der Waals surface area contributed by atoms with E-state index in [0.29, 0.717) is 0 Å². The molecule has 0 bridgehead atoms. The molecule has 126 valence electrons. The molecule has 22 heavy (non-hydrogen) atoms. The van der Waals surface area contributed by atoms with Crippen molar-refractivity contribution in [2.45, 2.75) is 55.4 Å². The second kappa shape index (κ2) is 9.18. The lowest BCUT2D eigenvalue weighted by Crippen LogP contribution is -2.18. The summed E-state index contributed by atoms with van der Waals surface area (Å²) in [6.45, 7) is 14.0. The van der Waals surface area contributed by atoms with E-state index in [9.17, 15) is 9.59 Å². The molecule has 0 saturated heterocycles. The Labute approximate surface area is 133 Å². The summed E-state index contributed by atoms with van der Waals surface area (Å²) in [7, 11) is 0. The van der Waals surface area contributed by atoms with Crippen molar-refractivity contribution >= 4 is 11.9 Å². The Morgan fingerprint density at radius 1 is 0.818 bits per heavy atom. The number of nitrogens with zero attached hydrogens (tertiary/aromatic N) is 1. The molecular formula is C17H29NO4. The van der Waals surface area contributed by atoms with Gasteiger partial charge in [0.25, 0.3) is 0 Å². The number of aliphatic carboxylic acids is 2.